The molecular formula is C29H27N3O5S. The molecule has 3 heterocycles. The number of para-hydroxylation sites is 1. The Morgan fingerprint density at radius 1 is 1.18 bits per heavy atom. The van der Waals surface area contributed by atoms with Crippen LogP contribution in [0.3, 0.4) is 0 Å². The summed E-state index contributed by atoms with van der Waals surface area (Å²) in [5, 5.41) is 1.03. The second-order valence-electron chi connectivity index (χ2n) is 8.56. The van der Waals surface area contributed by atoms with Crippen molar-refractivity contribution in [1.29, 1.82) is 0 Å². The van der Waals surface area contributed by atoms with Crippen molar-refractivity contribution in [2.75, 3.05) is 20.8 Å². The van der Waals surface area contributed by atoms with Gasteiger partial charge in [-0.05, 0) is 37.3 Å². The van der Waals surface area contributed by atoms with Crippen LogP contribution in [0.2, 0.25) is 0 Å². The molecule has 1 aliphatic heterocycles. The quantitative estimate of drug-likeness (QED) is 0.257. The first kappa shape index (κ1) is 25.3. The largest absolute Gasteiger partial charge is 0.497 e. The number of carbonyl (C=O) groups is 1. The number of methoxy groups -OCH3 is 2. The van der Waals surface area contributed by atoms with Gasteiger partial charge in [0.1, 0.15) is 17.5 Å². The number of nitrogens with zero attached hydrogens (tertiary/aromatic N) is 3. The zero-order valence-corrected chi connectivity index (χ0v) is 22.2. The molecule has 1 unspecified atom stereocenters. The molecular weight excluding hydrogens is 502 g/mol. The molecule has 8 nitrogen and oxygen atoms in total. The van der Waals surface area contributed by atoms with Gasteiger partial charge in [-0.2, -0.15) is 0 Å². The van der Waals surface area contributed by atoms with Crippen LogP contribution in [0.25, 0.3) is 17.0 Å². The Morgan fingerprint density at radius 3 is 2.74 bits per heavy atom. The number of hydrogen-bond donors (Lipinski definition) is 0. The van der Waals surface area contributed by atoms with Gasteiger partial charge in [0.2, 0.25) is 0 Å². The van der Waals surface area contributed by atoms with Gasteiger partial charge in [-0.15, -0.1) is 6.58 Å². The van der Waals surface area contributed by atoms with Crippen molar-refractivity contribution in [1.82, 2.24) is 9.13 Å². The maximum atomic E-state index is 14.0. The molecule has 2 aromatic heterocycles. The number of esters is 1. The molecule has 0 amide bonds. The molecule has 1 atom stereocenters. The lowest BCUT2D eigenvalue weighted by Gasteiger charge is -2.24. The lowest BCUT2D eigenvalue weighted by Crippen LogP contribution is -2.39. The van der Waals surface area contributed by atoms with Crippen LogP contribution < -0.4 is 24.4 Å². The van der Waals surface area contributed by atoms with Gasteiger partial charge < -0.3 is 18.8 Å². The minimum Gasteiger partial charge on any atom is -0.497 e. The Balaban J connectivity index is 1.74. The molecule has 0 saturated heterocycles. The summed E-state index contributed by atoms with van der Waals surface area (Å²) < 4.78 is 20.5. The van der Waals surface area contributed by atoms with Crippen molar-refractivity contribution in [2.24, 2.45) is 4.99 Å². The highest BCUT2D eigenvalue weighted by molar-refractivity contribution is 7.07. The van der Waals surface area contributed by atoms with Crippen molar-refractivity contribution in [2.45, 2.75) is 19.5 Å². The maximum Gasteiger partial charge on any atom is 0.338 e. The van der Waals surface area contributed by atoms with Crippen LogP contribution in [-0.2, 0) is 16.1 Å². The standard InChI is InChI=1S/C29H27N3O5S/c1-5-13-31-17-18(20-9-7-8-10-23(20)31)14-25-27(33)32-26(21-15-19(35-3)11-12-24(21)36-4)22(28(34)37-6-2)16-30-29(32)38-25/h5,7-12,14-17,26H,1,6,13H2,2-4H3/b25-14-. The molecule has 0 bridgehead atoms. The molecule has 38 heavy (non-hydrogen) atoms. The van der Waals surface area contributed by atoms with Gasteiger partial charge in [-0.25, -0.2) is 9.79 Å². The van der Waals surface area contributed by atoms with E-state index in [-0.39, 0.29) is 17.7 Å². The molecule has 0 saturated carbocycles. The molecule has 4 aromatic rings. The Kier molecular flexibility index (Phi) is 7.02. The number of thiazole rings is 1. The summed E-state index contributed by atoms with van der Waals surface area (Å²) in [6, 6.07) is 12.5. The molecule has 9 heteroatoms. The summed E-state index contributed by atoms with van der Waals surface area (Å²) in [4.78, 5) is 31.9. The molecule has 5 rings (SSSR count). The van der Waals surface area contributed by atoms with Gasteiger partial charge in [0, 0.05) is 41.0 Å². The number of aromatic nitrogens is 2. The predicted molar refractivity (Wildman–Crippen MR) is 147 cm³/mol. The van der Waals surface area contributed by atoms with E-state index >= 15 is 0 Å². The van der Waals surface area contributed by atoms with Gasteiger partial charge in [0.05, 0.1) is 30.9 Å². The van der Waals surface area contributed by atoms with Gasteiger partial charge in [-0.1, -0.05) is 35.6 Å². The van der Waals surface area contributed by atoms with Crippen LogP contribution >= 0.6 is 11.3 Å². The third-order valence-corrected chi connectivity index (χ3v) is 7.38. The molecule has 194 valence electrons. The van der Waals surface area contributed by atoms with Crippen LogP contribution in [-0.4, -0.2) is 35.9 Å². The number of rotatable bonds is 8. The number of allylic oxidation sites excluding steroid dienone is 1. The summed E-state index contributed by atoms with van der Waals surface area (Å²) >= 11 is 1.27. The van der Waals surface area contributed by atoms with Gasteiger partial charge in [0.25, 0.3) is 5.56 Å². The van der Waals surface area contributed by atoms with E-state index in [1.165, 1.54) is 22.1 Å². The molecule has 0 fully saturated rings. The average Bonchev–Trinajstić information content (AvgIpc) is 3.45. The maximum absolute atomic E-state index is 14.0. The third kappa shape index (κ3) is 4.35. The number of ether oxygens (including phenoxy) is 3. The van der Waals surface area contributed by atoms with Crippen LogP contribution in [0.1, 0.15) is 24.1 Å². The third-order valence-electron chi connectivity index (χ3n) is 6.38. The minimum atomic E-state index is -0.806. The summed E-state index contributed by atoms with van der Waals surface area (Å²) in [7, 11) is 3.10. The molecule has 0 N–H and O–H groups in total. The van der Waals surface area contributed by atoms with E-state index in [2.05, 4.69) is 16.1 Å². The lowest BCUT2D eigenvalue weighted by atomic mass is 9.97. The second kappa shape index (κ2) is 10.5. The number of benzene rings is 2. The van der Waals surface area contributed by atoms with E-state index in [9.17, 15) is 9.59 Å². The van der Waals surface area contributed by atoms with Crippen LogP contribution in [0.5, 0.6) is 11.5 Å². The zero-order chi connectivity index (χ0) is 26.8. The van der Waals surface area contributed by atoms with Crippen LogP contribution in [0.15, 0.2) is 82.9 Å². The second-order valence-corrected chi connectivity index (χ2v) is 9.56. The fourth-order valence-electron chi connectivity index (χ4n) is 4.70. The summed E-state index contributed by atoms with van der Waals surface area (Å²) in [6.45, 7) is 6.43. The monoisotopic (exact) mass is 529 g/mol. The first-order valence-electron chi connectivity index (χ1n) is 12.1. The average molecular weight is 530 g/mol. The fraction of sp³-hybridized carbons (Fsp3) is 0.207. The van der Waals surface area contributed by atoms with E-state index in [1.54, 1.807) is 39.3 Å². The molecule has 1 aliphatic rings. The van der Waals surface area contributed by atoms with Crippen molar-refractivity contribution in [3.05, 3.63) is 104 Å². The highest BCUT2D eigenvalue weighted by Crippen LogP contribution is 2.36. The zero-order valence-electron chi connectivity index (χ0n) is 21.3. The highest BCUT2D eigenvalue weighted by atomic mass is 32.1. The lowest BCUT2D eigenvalue weighted by molar-refractivity contribution is -0.139. The number of carbonyl (C=O) groups excluding carboxylic acids is 1. The SMILES string of the molecule is C=CCn1cc(/C=c2\sc3n(c2=O)C(c2cc(OC)ccc2OC)C(C(=O)OCC)=CN=3)c2ccccc21. The van der Waals surface area contributed by atoms with Crippen LogP contribution in [0.4, 0.5) is 0 Å². The first-order chi connectivity index (χ1) is 18.5. The molecule has 0 radical (unpaired) electrons. The van der Waals surface area contributed by atoms with Gasteiger partial charge in [-0.3, -0.25) is 9.36 Å². The van der Waals surface area contributed by atoms with E-state index in [1.807, 2.05) is 42.6 Å². The van der Waals surface area contributed by atoms with E-state index in [4.69, 9.17) is 14.2 Å². The summed E-state index contributed by atoms with van der Waals surface area (Å²) in [6.07, 6.45) is 7.20. The van der Waals surface area contributed by atoms with E-state index in [0.717, 1.165) is 16.5 Å². The molecule has 0 spiro atoms. The van der Waals surface area contributed by atoms with E-state index in [0.29, 0.717) is 32.9 Å². The van der Waals surface area contributed by atoms with Crippen molar-refractivity contribution in [3.8, 4) is 11.5 Å². The van der Waals surface area contributed by atoms with Crippen molar-refractivity contribution in [3.63, 3.8) is 0 Å². The highest BCUT2D eigenvalue weighted by Gasteiger charge is 2.33. The number of hydrogen-bond acceptors (Lipinski definition) is 7. The summed E-state index contributed by atoms with van der Waals surface area (Å²) in [5.41, 5.74) is 2.53. The fourth-order valence-corrected chi connectivity index (χ4v) is 5.66. The molecule has 2 aromatic carbocycles. The Morgan fingerprint density at radius 2 is 2.00 bits per heavy atom. The van der Waals surface area contributed by atoms with Crippen LogP contribution in [0, 0.1) is 0 Å². The smallest absolute Gasteiger partial charge is 0.338 e. The first-order valence-corrected chi connectivity index (χ1v) is 12.9. The van der Waals surface area contributed by atoms with Gasteiger partial charge >= 0.3 is 5.97 Å². The Labute approximate surface area is 223 Å². The molecule has 0 aliphatic carbocycles. The topological polar surface area (TPSA) is 84.0 Å². The Hall–Kier alpha value is -4.37. The number of fused-ring (bicyclic) bond motifs is 2. The van der Waals surface area contributed by atoms with Crippen molar-refractivity contribution < 1.29 is 19.0 Å². The summed E-state index contributed by atoms with van der Waals surface area (Å²) in [5.74, 6) is 0.529. The normalized spacial score (nSPS) is 15.0. The van der Waals surface area contributed by atoms with E-state index < -0.39 is 12.0 Å². The minimum absolute atomic E-state index is 0.192. The van der Waals surface area contributed by atoms with Crippen molar-refractivity contribution >= 4 is 34.3 Å². The van der Waals surface area contributed by atoms with Gasteiger partial charge in [0.15, 0.2) is 4.80 Å². The predicted octanol–water partition coefficient (Wildman–Crippen LogP) is 3.57. The Bertz CT molecular complexity index is 1760.